The molecule has 3 rings (SSSR count). The van der Waals surface area contributed by atoms with Crippen LogP contribution in [0.1, 0.15) is 5.56 Å². The van der Waals surface area contributed by atoms with Crippen LogP contribution in [0.15, 0.2) is 49.1 Å². The molecule has 0 saturated heterocycles. The molecule has 0 saturated carbocycles. The molecule has 84 valence electrons. The SMILES string of the molecule is Clc1nc2ccccc2cc1Cn1ccnc1. The first-order valence-electron chi connectivity index (χ1n) is 5.33. The monoisotopic (exact) mass is 243 g/mol. The van der Waals surface area contributed by atoms with Crippen molar-refractivity contribution in [2.24, 2.45) is 0 Å². The second-order valence-corrected chi connectivity index (χ2v) is 4.22. The van der Waals surface area contributed by atoms with E-state index in [0.29, 0.717) is 11.7 Å². The van der Waals surface area contributed by atoms with Crippen molar-refractivity contribution in [2.45, 2.75) is 6.54 Å². The highest BCUT2D eigenvalue weighted by atomic mass is 35.5. The number of hydrogen-bond donors (Lipinski definition) is 0. The van der Waals surface area contributed by atoms with Crippen LogP contribution in [-0.2, 0) is 6.54 Å². The van der Waals surface area contributed by atoms with Gasteiger partial charge in [-0.25, -0.2) is 9.97 Å². The summed E-state index contributed by atoms with van der Waals surface area (Å²) in [6, 6.07) is 10.0. The van der Waals surface area contributed by atoms with Crippen molar-refractivity contribution < 1.29 is 0 Å². The number of rotatable bonds is 2. The standard InChI is InChI=1S/C13H10ClN3/c14-13-11(8-17-6-5-15-9-17)7-10-3-1-2-4-12(10)16-13/h1-7,9H,8H2. The first-order chi connectivity index (χ1) is 8.33. The van der Waals surface area contributed by atoms with E-state index in [1.807, 2.05) is 35.0 Å². The lowest BCUT2D eigenvalue weighted by Crippen LogP contribution is -1.98. The number of fused-ring (bicyclic) bond motifs is 1. The van der Waals surface area contributed by atoms with E-state index in [-0.39, 0.29) is 0 Å². The van der Waals surface area contributed by atoms with E-state index in [1.165, 1.54) is 0 Å². The second kappa shape index (κ2) is 4.18. The van der Waals surface area contributed by atoms with Crippen LogP contribution < -0.4 is 0 Å². The van der Waals surface area contributed by atoms with Gasteiger partial charge in [-0.2, -0.15) is 0 Å². The smallest absolute Gasteiger partial charge is 0.134 e. The van der Waals surface area contributed by atoms with Crippen molar-refractivity contribution in [1.29, 1.82) is 0 Å². The molecule has 0 amide bonds. The summed E-state index contributed by atoms with van der Waals surface area (Å²) in [5, 5.41) is 1.66. The summed E-state index contributed by atoms with van der Waals surface area (Å²) in [5.74, 6) is 0. The van der Waals surface area contributed by atoms with Gasteiger partial charge in [0.15, 0.2) is 0 Å². The summed E-state index contributed by atoms with van der Waals surface area (Å²) >= 11 is 6.18. The molecule has 0 aliphatic rings. The van der Waals surface area contributed by atoms with Crippen molar-refractivity contribution in [1.82, 2.24) is 14.5 Å². The quantitative estimate of drug-likeness (QED) is 0.648. The average Bonchev–Trinajstić information content (AvgIpc) is 2.83. The molecular formula is C13H10ClN3. The van der Waals surface area contributed by atoms with Gasteiger partial charge in [0.25, 0.3) is 0 Å². The molecule has 0 spiro atoms. The lowest BCUT2D eigenvalue weighted by Gasteiger charge is -2.06. The Morgan fingerprint density at radius 1 is 1.24 bits per heavy atom. The van der Waals surface area contributed by atoms with Gasteiger partial charge in [-0.1, -0.05) is 29.8 Å². The Labute approximate surface area is 104 Å². The number of imidazole rings is 1. The fraction of sp³-hybridized carbons (Fsp3) is 0.0769. The van der Waals surface area contributed by atoms with E-state index in [4.69, 9.17) is 11.6 Å². The van der Waals surface area contributed by atoms with Gasteiger partial charge in [-0.15, -0.1) is 0 Å². The van der Waals surface area contributed by atoms with E-state index >= 15 is 0 Å². The van der Waals surface area contributed by atoms with Gasteiger partial charge in [-0.3, -0.25) is 0 Å². The third-order valence-corrected chi connectivity index (χ3v) is 2.99. The van der Waals surface area contributed by atoms with E-state index in [1.54, 1.807) is 12.5 Å². The highest BCUT2D eigenvalue weighted by molar-refractivity contribution is 6.30. The molecule has 17 heavy (non-hydrogen) atoms. The zero-order valence-corrected chi connectivity index (χ0v) is 9.80. The van der Waals surface area contributed by atoms with Gasteiger partial charge in [0, 0.05) is 23.3 Å². The summed E-state index contributed by atoms with van der Waals surface area (Å²) in [4.78, 5) is 8.40. The van der Waals surface area contributed by atoms with E-state index in [9.17, 15) is 0 Å². The molecule has 4 heteroatoms. The number of hydrogen-bond acceptors (Lipinski definition) is 2. The molecule has 0 fully saturated rings. The lowest BCUT2D eigenvalue weighted by molar-refractivity contribution is 0.795. The second-order valence-electron chi connectivity index (χ2n) is 3.87. The number of pyridine rings is 1. The topological polar surface area (TPSA) is 30.7 Å². The van der Waals surface area contributed by atoms with Crippen molar-refractivity contribution in [3.8, 4) is 0 Å². The van der Waals surface area contributed by atoms with Gasteiger partial charge >= 0.3 is 0 Å². The summed E-state index contributed by atoms with van der Waals surface area (Å²) in [7, 11) is 0. The van der Waals surface area contributed by atoms with Crippen LogP contribution in [0.2, 0.25) is 5.15 Å². The molecule has 3 aromatic rings. The molecule has 2 heterocycles. The minimum Gasteiger partial charge on any atom is -0.333 e. The fourth-order valence-corrected chi connectivity index (χ4v) is 2.03. The maximum absolute atomic E-state index is 6.18. The zero-order valence-electron chi connectivity index (χ0n) is 9.05. The van der Waals surface area contributed by atoms with Gasteiger partial charge in [-0.05, 0) is 12.1 Å². The highest BCUT2D eigenvalue weighted by Gasteiger charge is 2.05. The summed E-state index contributed by atoms with van der Waals surface area (Å²) < 4.78 is 1.97. The van der Waals surface area contributed by atoms with Crippen LogP contribution >= 0.6 is 11.6 Å². The minimum atomic E-state index is 0.553. The molecule has 3 nitrogen and oxygen atoms in total. The van der Waals surface area contributed by atoms with Crippen molar-refractivity contribution in [3.63, 3.8) is 0 Å². The Morgan fingerprint density at radius 3 is 2.94 bits per heavy atom. The zero-order chi connectivity index (χ0) is 11.7. The number of benzene rings is 1. The third kappa shape index (κ3) is 2.01. The molecule has 0 aliphatic carbocycles. The fourth-order valence-electron chi connectivity index (χ4n) is 1.82. The Morgan fingerprint density at radius 2 is 2.12 bits per heavy atom. The van der Waals surface area contributed by atoms with Gasteiger partial charge in [0.05, 0.1) is 18.4 Å². The molecule has 0 aliphatic heterocycles. The maximum Gasteiger partial charge on any atom is 0.134 e. The molecule has 2 aromatic heterocycles. The Hall–Kier alpha value is -1.87. The highest BCUT2D eigenvalue weighted by Crippen LogP contribution is 2.21. The Balaban J connectivity index is 2.07. The molecule has 0 radical (unpaired) electrons. The van der Waals surface area contributed by atoms with Crippen molar-refractivity contribution in [3.05, 3.63) is 59.8 Å². The van der Waals surface area contributed by atoms with Crippen LogP contribution in [0, 0.1) is 0 Å². The van der Waals surface area contributed by atoms with Gasteiger partial charge in [0.2, 0.25) is 0 Å². The Kier molecular flexibility index (Phi) is 2.53. The molecule has 0 unspecified atom stereocenters. The predicted molar refractivity (Wildman–Crippen MR) is 68.1 cm³/mol. The Bertz CT molecular complexity index is 647. The first kappa shape index (κ1) is 10.3. The third-order valence-electron chi connectivity index (χ3n) is 2.66. The normalized spacial score (nSPS) is 10.9. The van der Waals surface area contributed by atoms with Crippen LogP contribution in [0.25, 0.3) is 10.9 Å². The van der Waals surface area contributed by atoms with E-state index in [2.05, 4.69) is 16.0 Å². The molecule has 0 N–H and O–H groups in total. The average molecular weight is 244 g/mol. The van der Waals surface area contributed by atoms with Gasteiger partial charge < -0.3 is 4.57 Å². The molecule has 0 atom stereocenters. The number of para-hydroxylation sites is 1. The van der Waals surface area contributed by atoms with Crippen LogP contribution in [0.4, 0.5) is 0 Å². The number of halogens is 1. The summed E-state index contributed by atoms with van der Waals surface area (Å²) in [6.07, 6.45) is 5.43. The van der Waals surface area contributed by atoms with Crippen LogP contribution in [-0.4, -0.2) is 14.5 Å². The van der Waals surface area contributed by atoms with Gasteiger partial charge in [0.1, 0.15) is 5.15 Å². The first-order valence-corrected chi connectivity index (χ1v) is 5.70. The number of nitrogens with zero attached hydrogens (tertiary/aromatic N) is 3. The molecular weight excluding hydrogens is 234 g/mol. The summed E-state index contributed by atoms with van der Waals surface area (Å²) in [5.41, 5.74) is 1.93. The minimum absolute atomic E-state index is 0.553. The van der Waals surface area contributed by atoms with E-state index < -0.39 is 0 Å². The largest absolute Gasteiger partial charge is 0.333 e. The van der Waals surface area contributed by atoms with Crippen LogP contribution in [0.5, 0.6) is 0 Å². The number of aromatic nitrogens is 3. The molecule has 1 aromatic carbocycles. The molecule has 0 bridgehead atoms. The van der Waals surface area contributed by atoms with E-state index in [0.717, 1.165) is 16.5 Å². The summed E-state index contributed by atoms with van der Waals surface area (Å²) in [6.45, 7) is 0.691. The van der Waals surface area contributed by atoms with Crippen LogP contribution in [0.3, 0.4) is 0 Å². The lowest BCUT2D eigenvalue weighted by atomic mass is 10.1. The maximum atomic E-state index is 6.18. The predicted octanol–water partition coefficient (Wildman–Crippen LogP) is 3.13. The van der Waals surface area contributed by atoms with Crippen molar-refractivity contribution >= 4 is 22.5 Å². The van der Waals surface area contributed by atoms with Crippen molar-refractivity contribution in [2.75, 3.05) is 0 Å².